The summed E-state index contributed by atoms with van der Waals surface area (Å²) in [5, 5.41) is 0. The van der Waals surface area contributed by atoms with Crippen LogP contribution in [0.3, 0.4) is 0 Å². The molecule has 0 aliphatic carbocycles. The molecule has 2 aromatic rings. The Balaban J connectivity index is 1.39. The van der Waals surface area contributed by atoms with E-state index in [4.69, 9.17) is 18.9 Å². The fourth-order valence-corrected chi connectivity index (χ4v) is 3.35. The highest BCUT2D eigenvalue weighted by Gasteiger charge is 2.21. The van der Waals surface area contributed by atoms with Crippen molar-refractivity contribution in [1.29, 1.82) is 0 Å². The molecule has 0 aromatic heterocycles. The highest BCUT2D eigenvalue weighted by Crippen LogP contribution is 2.36. The van der Waals surface area contributed by atoms with Crippen molar-refractivity contribution in [2.45, 2.75) is 11.0 Å². The number of ether oxygens (including phenoxy) is 4. The summed E-state index contributed by atoms with van der Waals surface area (Å²) in [4.78, 5) is 1.15. The second-order valence-electron chi connectivity index (χ2n) is 5.11. The van der Waals surface area contributed by atoms with Crippen molar-refractivity contribution in [2.75, 3.05) is 25.6 Å². The van der Waals surface area contributed by atoms with Gasteiger partial charge in [0.25, 0.3) is 0 Å². The molecule has 0 radical (unpaired) electrons. The minimum Gasteiger partial charge on any atom is -0.486 e. The summed E-state index contributed by atoms with van der Waals surface area (Å²) in [6, 6.07) is 13.8. The van der Waals surface area contributed by atoms with Gasteiger partial charge in [0.1, 0.15) is 25.9 Å². The third-order valence-corrected chi connectivity index (χ3v) is 4.64. The molecule has 0 spiro atoms. The Bertz CT molecular complexity index is 673. The lowest BCUT2D eigenvalue weighted by molar-refractivity contribution is 0.107. The molecule has 1 atom stereocenters. The van der Waals surface area contributed by atoms with E-state index in [1.165, 1.54) is 0 Å². The van der Waals surface area contributed by atoms with Crippen molar-refractivity contribution in [3.05, 3.63) is 42.5 Å². The normalized spacial score (nSPS) is 18.8. The van der Waals surface area contributed by atoms with E-state index in [1.54, 1.807) is 11.8 Å². The molecule has 114 valence electrons. The SMILES string of the molecule is c1ccc2c(c1)OC[C@H](CSc1ccc3c(c1)OCCO3)O2. The standard InChI is InChI=1S/C17H16O4S/c1-2-4-16-14(3-1)20-10-12(21-16)11-22-13-5-6-15-17(9-13)19-8-7-18-15/h1-6,9,12H,7-8,10-11H2/t12-/m1/s1. The zero-order chi connectivity index (χ0) is 14.8. The summed E-state index contributed by atoms with van der Waals surface area (Å²) in [6.07, 6.45) is 0.0492. The maximum Gasteiger partial charge on any atom is 0.162 e. The molecule has 2 aliphatic heterocycles. The summed E-state index contributed by atoms with van der Waals surface area (Å²) < 4.78 is 22.8. The van der Waals surface area contributed by atoms with E-state index in [-0.39, 0.29) is 6.10 Å². The molecular weight excluding hydrogens is 300 g/mol. The first-order chi connectivity index (χ1) is 10.9. The number of fused-ring (bicyclic) bond motifs is 2. The van der Waals surface area contributed by atoms with Crippen molar-refractivity contribution in [1.82, 2.24) is 0 Å². The number of hydrogen-bond acceptors (Lipinski definition) is 5. The molecular formula is C17H16O4S. The smallest absolute Gasteiger partial charge is 0.162 e. The second kappa shape index (κ2) is 6.01. The van der Waals surface area contributed by atoms with E-state index in [9.17, 15) is 0 Å². The van der Waals surface area contributed by atoms with Gasteiger partial charge in [0.05, 0.1) is 0 Å². The van der Waals surface area contributed by atoms with Crippen LogP contribution in [-0.2, 0) is 0 Å². The lowest BCUT2D eigenvalue weighted by atomic mass is 10.3. The quantitative estimate of drug-likeness (QED) is 0.811. The molecule has 5 heteroatoms. The van der Waals surface area contributed by atoms with Crippen LogP contribution in [-0.4, -0.2) is 31.7 Å². The zero-order valence-corrected chi connectivity index (χ0v) is 12.8. The van der Waals surface area contributed by atoms with Gasteiger partial charge >= 0.3 is 0 Å². The minimum atomic E-state index is 0.0492. The summed E-state index contributed by atoms with van der Waals surface area (Å²) in [5.41, 5.74) is 0. The molecule has 4 nitrogen and oxygen atoms in total. The van der Waals surface area contributed by atoms with Crippen molar-refractivity contribution in [3.8, 4) is 23.0 Å². The van der Waals surface area contributed by atoms with E-state index < -0.39 is 0 Å². The van der Waals surface area contributed by atoms with Crippen molar-refractivity contribution in [3.63, 3.8) is 0 Å². The number of hydrogen-bond donors (Lipinski definition) is 0. The van der Waals surface area contributed by atoms with E-state index in [1.807, 2.05) is 36.4 Å². The number of thioether (sulfide) groups is 1. The van der Waals surface area contributed by atoms with Gasteiger partial charge in [-0.15, -0.1) is 11.8 Å². The Labute approximate surface area is 133 Å². The molecule has 0 fully saturated rings. The van der Waals surface area contributed by atoms with Crippen LogP contribution in [0.1, 0.15) is 0 Å². The molecule has 2 heterocycles. The highest BCUT2D eigenvalue weighted by molar-refractivity contribution is 7.99. The maximum atomic E-state index is 5.96. The molecule has 2 aliphatic rings. The predicted octanol–water partition coefficient (Wildman–Crippen LogP) is 3.39. The van der Waals surface area contributed by atoms with Crippen LogP contribution in [0.25, 0.3) is 0 Å². The molecule has 0 N–H and O–H groups in total. The third kappa shape index (κ3) is 2.81. The fourth-order valence-electron chi connectivity index (χ4n) is 2.45. The van der Waals surface area contributed by atoms with Crippen LogP contribution >= 0.6 is 11.8 Å². The maximum absolute atomic E-state index is 5.96. The number of rotatable bonds is 3. The van der Waals surface area contributed by atoms with Gasteiger partial charge in [-0.1, -0.05) is 12.1 Å². The van der Waals surface area contributed by atoms with Gasteiger partial charge in [0.15, 0.2) is 23.0 Å². The first-order valence-electron chi connectivity index (χ1n) is 7.29. The Kier molecular flexibility index (Phi) is 3.72. The third-order valence-electron chi connectivity index (χ3n) is 3.52. The van der Waals surface area contributed by atoms with Gasteiger partial charge in [-0.3, -0.25) is 0 Å². The van der Waals surface area contributed by atoms with E-state index in [0.29, 0.717) is 19.8 Å². The van der Waals surface area contributed by atoms with Gasteiger partial charge in [-0.2, -0.15) is 0 Å². The van der Waals surface area contributed by atoms with Crippen molar-refractivity contribution >= 4 is 11.8 Å². The van der Waals surface area contributed by atoms with Gasteiger partial charge in [0.2, 0.25) is 0 Å². The van der Waals surface area contributed by atoms with Gasteiger partial charge < -0.3 is 18.9 Å². The number of benzene rings is 2. The Morgan fingerprint density at radius 1 is 0.864 bits per heavy atom. The van der Waals surface area contributed by atoms with Gasteiger partial charge in [-0.25, -0.2) is 0 Å². The largest absolute Gasteiger partial charge is 0.486 e. The van der Waals surface area contributed by atoms with Crippen LogP contribution in [0, 0.1) is 0 Å². The molecule has 4 rings (SSSR count). The predicted molar refractivity (Wildman–Crippen MR) is 84.5 cm³/mol. The van der Waals surface area contributed by atoms with E-state index >= 15 is 0 Å². The molecule has 2 aromatic carbocycles. The average Bonchev–Trinajstić information content (AvgIpc) is 2.59. The minimum absolute atomic E-state index is 0.0492. The molecule has 0 saturated carbocycles. The van der Waals surface area contributed by atoms with Gasteiger partial charge in [-0.05, 0) is 30.3 Å². The summed E-state index contributed by atoms with van der Waals surface area (Å²) >= 11 is 1.73. The summed E-state index contributed by atoms with van der Waals surface area (Å²) in [5.74, 6) is 4.11. The molecule has 22 heavy (non-hydrogen) atoms. The molecule has 0 bridgehead atoms. The monoisotopic (exact) mass is 316 g/mol. The highest BCUT2D eigenvalue weighted by atomic mass is 32.2. The summed E-state index contributed by atoms with van der Waals surface area (Å²) in [7, 11) is 0. The van der Waals surface area contributed by atoms with Crippen LogP contribution in [0.15, 0.2) is 47.4 Å². The van der Waals surface area contributed by atoms with Gasteiger partial charge in [0, 0.05) is 10.6 Å². The van der Waals surface area contributed by atoms with Crippen LogP contribution in [0.2, 0.25) is 0 Å². The van der Waals surface area contributed by atoms with Crippen LogP contribution in [0.4, 0.5) is 0 Å². The zero-order valence-electron chi connectivity index (χ0n) is 12.0. The van der Waals surface area contributed by atoms with Crippen LogP contribution < -0.4 is 18.9 Å². The topological polar surface area (TPSA) is 36.9 Å². The average molecular weight is 316 g/mol. The van der Waals surface area contributed by atoms with Crippen LogP contribution in [0.5, 0.6) is 23.0 Å². The molecule has 0 unspecified atom stereocenters. The van der Waals surface area contributed by atoms with E-state index in [2.05, 4.69) is 6.07 Å². The Hall–Kier alpha value is -2.01. The molecule has 0 amide bonds. The number of para-hydroxylation sites is 2. The Morgan fingerprint density at radius 2 is 1.64 bits per heavy atom. The van der Waals surface area contributed by atoms with E-state index in [0.717, 1.165) is 33.6 Å². The lowest BCUT2D eigenvalue weighted by Crippen LogP contribution is -2.31. The summed E-state index contributed by atoms with van der Waals surface area (Å²) in [6.45, 7) is 1.80. The fraction of sp³-hybridized carbons (Fsp3) is 0.294. The lowest BCUT2D eigenvalue weighted by Gasteiger charge is -2.26. The first kappa shape index (κ1) is 13.6. The van der Waals surface area contributed by atoms with Crippen molar-refractivity contribution in [2.24, 2.45) is 0 Å². The Morgan fingerprint density at radius 3 is 2.55 bits per heavy atom. The molecule has 0 saturated heterocycles. The first-order valence-corrected chi connectivity index (χ1v) is 8.28. The second-order valence-corrected chi connectivity index (χ2v) is 6.21. The van der Waals surface area contributed by atoms with Crippen molar-refractivity contribution < 1.29 is 18.9 Å².